The molecule has 3 heterocycles. The number of halogens is 1. The molecule has 2 aliphatic heterocycles. The molecule has 4 rings (SSSR count). The molecule has 5 nitrogen and oxygen atoms in total. The first kappa shape index (κ1) is 19.8. The number of carbonyl (C=O) groups excluding carboxylic acids is 1. The number of aryl methyl sites for hydroxylation is 1. The van der Waals surface area contributed by atoms with Gasteiger partial charge < -0.3 is 14.7 Å². The molecule has 0 aliphatic carbocycles. The summed E-state index contributed by atoms with van der Waals surface area (Å²) in [7, 11) is 2.11. The highest BCUT2D eigenvalue weighted by Crippen LogP contribution is 2.38. The largest absolute Gasteiger partial charge is 0.354 e. The van der Waals surface area contributed by atoms with E-state index in [1.54, 1.807) is 11.0 Å². The maximum atomic E-state index is 15.6. The number of likely N-dealkylation sites (N-methyl/N-ethyl adjacent to an activating group) is 1. The first-order chi connectivity index (χ1) is 14.0. The summed E-state index contributed by atoms with van der Waals surface area (Å²) >= 11 is 0. The van der Waals surface area contributed by atoms with E-state index in [9.17, 15) is 4.79 Å². The second kappa shape index (κ2) is 8.11. The molecule has 2 fully saturated rings. The minimum Gasteiger partial charge on any atom is -0.354 e. The summed E-state index contributed by atoms with van der Waals surface area (Å²) in [6.07, 6.45) is 0.642. The lowest BCUT2D eigenvalue weighted by Crippen LogP contribution is -2.45. The van der Waals surface area contributed by atoms with Gasteiger partial charge in [0.2, 0.25) is 0 Å². The number of piperidine rings is 1. The molecule has 1 aromatic heterocycles. The summed E-state index contributed by atoms with van der Waals surface area (Å²) in [6, 6.07) is 13.2. The van der Waals surface area contributed by atoms with E-state index >= 15 is 4.39 Å². The molecule has 0 spiro atoms. The number of aromatic nitrogens is 1. The lowest BCUT2D eigenvalue weighted by atomic mass is 9.84. The molecule has 0 saturated carbocycles. The number of pyridine rings is 1. The number of benzene rings is 1. The summed E-state index contributed by atoms with van der Waals surface area (Å²) in [6.45, 7) is 6.56. The molecule has 29 heavy (non-hydrogen) atoms. The number of hydrogen-bond acceptors (Lipinski definition) is 4. The van der Waals surface area contributed by atoms with Gasteiger partial charge in [-0.1, -0.05) is 30.3 Å². The van der Waals surface area contributed by atoms with Gasteiger partial charge in [0.05, 0.1) is 0 Å². The summed E-state index contributed by atoms with van der Waals surface area (Å²) in [4.78, 5) is 23.9. The molecule has 0 N–H and O–H groups in total. The topological polar surface area (TPSA) is 39.7 Å². The number of nitrogens with zero attached hydrogens (tertiary/aromatic N) is 4. The SMILES string of the molecule is Cc1ccccc1C1(F)CCN(C(=O)c2cccc(N3CCN(C)CC3)n2)CC1. The van der Waals surface area contributed by atoms with Gasteiger partial charge in [0, 0.05) is 52.1 Å². The summed E-state index contributed by atoms with van der Waals surface area (Å²) in [5.74, 6) is 0.744. The molecule has 1 aromatic carbocycles. The minimum atomic E-state index is -1.36. The van der Waals surface area contributed by atoms with E-state index < -0.39 is 5.67 Å². The summed E-state index contributed by atoms with van der Waals surface area (Å²) in [5, 5.41) is 0. The van der Waals surface area contributed by atoms with Crippen molar-refractivity contribution >= 4 is 11.7 Å². The van der Waals surface area contributed by atoms with E-state index in [2.05, 4.69) is 21.8 Å². The van der Waals surface area contributed by atoms with Gasteiger partial charge in [0.15, 0.2) is 0 Å². The Morgan fingerprint density at radius 1 is 0.966 bits per heavy atom. The van der Waals surface area contributed by atoms with Crippen molar-refractivity contribution in [2.75, 3.05) is 51.2 Å². The number of anilines is 1. The van der Waals surface area contributed by atoms with Crippen molar-refractivity contribution in [3.63, 3.8) is 0 Å². The fraction of sp³-hybridized carbons (Fsp3) is 0.478. The second-order valence-corrected chi connectivity index (χ2v) is 8.24. The molecule has 154 valence electrons. The van der Waals surface area contributed by atoms with Crippen LogP contribution in [0, 0.1) is 6.92 Å². The van der Waals surface area contributed by atoms with Crippen molar-refractivity contribution < 1.29 is 9.18 Å². The predicted molar refractivity (Wildman–Crippen MR) is 113 cm³/mol. The number of carbonyl (C=O) groups is 1. The number of alkyl halides is 1. The van der Waals surface area contributed by atoms with Gasteiger partial charge in [-0.05, 0) is 37.2 Å². The van der Waals surface area contributed by atoms with Crippen molar-refractivity contribution in [3.8, 4) is 0 Å². The predicted octanol–water partition coefficient (Wildman–Crippen LogP) is 3.24. The molecule has 2 saturated heterocycles. The van der Waals surface area contributed by atoms with Gasteiger partial charge in [-0.3, -0.25) is 4.79 Å². The molecule has 2 aromatic rings. The Hall–Kier alpha value is -2.47. The van der Waals surface area contributed by atoms with Crippen molar-refractivity contribution in [3.05, 3.63) is 59.3 Å². The zero-order chi connectivity index (χ0) is 20.4. The summed E-state index contributed by atoms with van der Waals surface area (Å²) < 4.78 is 15.6. The van der Waals surface area contributed by atoms with Crippen LogP contribution in [0.2, 0.25) is 0 Å². The number of likely N-dealkylation sites (tertiary alicyclic amines) is 1. The monoisotopic (exact) mass is 396 g/mol. The fourth-order valence-corrected chi connectivity index (χ4v) is 4.33. The standard InChI is InChI=1S/C23H29FN4O/c1-18-6-3-4-7-19(18)23(24)10-12-28(13-11-23)22(29)20-8-5-9-21(25-20)27-16-14-26(2)15-17-27/h3-9H,10-17H2,1-2H3. The Morgan fingerprint density at radius 2 is 1.66 bits per heavy atom. The lowest BCUT2D eigenvalue weighted by Gasteiger charge is -2.37. The third kappa shape index (κ3) is 4.13. The molecule has 0 radical (unpaired) electrons. The van der Waals surface area contributed by atoms with Crippen LogP contribution in [0.25, 0.3) is 0 Å². The Labute approximate surface area is 172 Å². The van der Waals surface area contributed by atoms with Crippen LogP contribution < -0.4 is 4.90 Å². The maximum absolute atomic E-state index is 15.6. The first-order valence-corrected chi connectivity index (χ1v) is 10.4. The van der Waals surface area contributed by atoms with E-state index in [1.165, 1.54) is 0 Å². The van der Waals surface area contributed by atoms with Crippen molar-refractivity contribution in [1.82, 2.24) is 14.8 Å². The number of hydrogen-bond donors (Lipinski definition) is 0. The molecule has 1 amide bonds. The lowest BCUT2D eigenvalue weighted by molar-refractivity contribution is 0.0415. The van der Waals surface area contributed by atoms with E-state index in [1.807, 2.05) is 43.3 Å². The van der Waals surface area contributed by atoms with Gasteiger partial charge in [0.1, 0.15) is 17.2 Å². The summed E-state index contributed by atoms with van der Waals surface area (Å²) in [5.41, 5.74) is 0.805. The highest BCUT2D eigenvalue weighted by atomic mass is 19.1. The van der Waals surface area contributed by atoms with Gasteiger partial charge in [-0.2, -0.15) is 0 Å². The van der Waals surface area contributed by atoms with Crippen LogP contribution in [0.3, 0.4) is 0 Å². The molecular formula is C23H29FN4O. The third-order valence-corrected chi connectivity index (χ3v) is 6.25. The van der Waals surface area contributed by atoms with Crippen LogP contribution in [0.4, 0.5) is 10.2 Å². The van der Waals surface area contributed by atoms with E-state index in [0.717, 1.165) is 43.1 Å². The van der Waals surface area contributed by atoms with Crippen LogP contribution in [-0.2, 0) is 5.67 Å². The van der Waals surface area contributed by atoms with Crippen LogP contribution in [0.5, 0.6) is 0 Å². The van der Waals surface area contributed by atoms with Crippen LogP contribution in [0.15, 0.2) is 42.5 Å². The quantitative estimate of drug-likeness (QED) is 0.799. The highest BCUT2D eigenvalue weighted by molar-refractivity contribution is 5.92. The molecule has 6 heteroatoms. The number of rotatable bonds is 3. The number of amides is 1. The second-order valence-electron chi connectivity index (χ2n) is 8.24. The Morgan fingerprint density at radius 3 is 2.34 bits per heavy atom. The Balaban J connectivity index is 1.44. The molecule has 0 bridgehead atoms. The van der Waals surface area contributed by atoms with E-state index in [0.29, 0.717) is 31.6 Å². The van der Waals surface area contributed by atoms with Crippen molar-refractivity contribution in [1.29, 1.82) is 0 Å². The molecule has 2 aliphatic rings. The van der Waals surface area contributed by atoms with Gasteiger partial charge in [0.25, 0.3) is 5.91 Å². The van der Waals surface area contributed by atoms with Gasteiger partial charge >= 0.3 is 0 Å². The maximum Gasteiger partial charge on any atom is 0.272 e. The molecule has 0 unspecified atom stereocenters. The average molecular weight is 397 g/mol. The van der Waals surface area contributed by atoms with E-state index in [-0.39, 0.29) is 5.91 Å². The fourth-order valence-electron chi connectivity index (χ4n) is 4.33. The molecule has 0 atom stereocenters. The van der Waals surface area contributed by atoms with Gasteiger partial charge in [-0.25, -0.2) is 9.37 Å². The Kier molecular flexibility index (Phi) is 5.54. The zero-order valence-electron chi connectivity index (χ0n) is 17.3. The van der Waals surface area contributed by atoms with Crippen LogP contribution >= 0.6 is 0 Å². The number of piperazine rings is 1. The van der Waals surface area contributed by atoms with Crippen molar-refractivity contribution in [2.45, 2.75) is 25.4 Å². The smallest absolute Gasteiger partial charge is 0.272 e. The van der Waals surface area contributed by atoms with Crippen LogP contribution in [-0.4, -0.2) is 67.0 Å². The van der Waals surface area contributed by atoms with Crippen molar-refractivity contribution in [2.24, 2.45) is 0 Å². The minimum absolute atomic E-state index is 0.104. The normalized spacial score (nSPS) is 20.0. The average Bonchev–Trinajstić information content (AvgIpc) is 2.75. The first-order valence-electron chi connectivity index (χ1n) is 10.4. The zero-order valence-corrected chi connectivity index (χ0v) is 17.3. The highest BCUT2D eigenvalue weighted by Gasteiger charge is 2.38. The molecular weight excluding hydrogens is 367 g/mol. The van der Waals surface area contributed by atoms with Gasteiger partial charge in [-0.15, -0.1) is 0 Å². The van der Waals surface area contributed by atoms with E-state index in [4.69, 9.17) is 0 Å². The van der Waals surface area contributed by atoms with Crippen LogP contribution in [0.1, 0.15) is 34.5 Å². The Bertz CT molecular complexity index is 871. The third-order valence-electron chi connectivity index (χ3n) is 6.25.